The van der Waals surface area contributed by atoms with Crippen molar-refractivity contribution in [3.05, 3.63) is 105 Å². The molecule has 11 heteroatoms. The van der Waals surface area contributed by atoms with Gasteiger partial charge in [-0.05, 0) is 73.2 Å². The number of methoxy groups -OCH3 is 2. The van der Waals surface area contributed by atoms with Crippen molar-refractivity contribution in [3.8, 4) is 34.1 Å². The Morgan fingerprint density at radius 1 is 0.932 bits per heavy atom. The van der Waals surface area contributed by atoms with Crippen LogP contribution < -0.4 is 24.4 Å². The summed E-state index contributed by atoms with van der Waals surface area (Å²) >= 11 is 9.93. The third-order valence-corrected chi connectivity index (χ3v) is 7.48. The minimum Gasteiger partial charge on any atom is -0.496 e. The first-order valence-electron chi connectivity index (χ1n) is 13.4. The number of carbonyl (C=O) groups is 2. The van der Waals surface area contributed by atoms with E-state index >= 15 is 0 Å². The fraction of sp³-hybridized carbons (Fsp3) is 0.121. The van der Waals surface area contributed by atoms with Crippen LogP contribution in [0.5, 0.6) is 23.0 Å². The normalized spacial score (nSPS) is 11.0. The molecule has 0 fully saturated rings. The molecule has 5 aromatic rings. The quantitative estimate of drug-likeness (QED) is 0.0681. The number of rotatable bonds is 10. The molecule has 0 aliphatic carbocycles. The van der Waals surface area contributed by atoms with Crippen LogP contribution in [0.1, 0.15) is 33.3 Å². The van der Waals surface area contributed by atoms with E-state index in [9.17, 15) is 9.59 Å². The fourth-order valence-electron chi connectivity index (χ4n) is 4.62. The molecule has 224 valence electrons. The van der Waals surface area contributed by atoms with Crippen molar-refractivity contribution in [2.75, 3.05) is 20.8 Å². The van der Waals surface area contributed by atoms with Crippen LogP contribution in [0.4, 0.5) is 0 Å². The first-order valence-corrected chi connectivity index (χ1v) is 14.6. The summed E-state index contributed by atoms with van der Waals surface area (Å²) < 4.78 is 23.3. The predicted octanol–water partition coefficient (Wildman–Crippen LogP) is 7.65. The number of hydrazone groups is 1. The zero-order chi connectivity index (χ0) is 31.2. The van der Waals surface area contributed by atoms with E-state index in [4.69, 9.17) is 30.5 Å². The highest BCUT2D eigenvalue weighted by Crippen LogP contribution is 2.44. The first-order chi connectivity index (χ1) is 21.3. The molecule has 4 aromatic carbocycles. The molecule has 9 nitrogen and oxygen atoms in total. The van der Waals surface area contributed by atoms with Gasteiger partial charge in [-0.15, -0.1) is 0 Å². The zero-order valence-corrected chi connectivity index (χ0v) is 26.3. The van der Waals surface area contributed by atoms with Gasteiger partial charge in [0.2, 0.25) is 0 Å². The molecule has 1 heterocycles. The van der Waals surface area contributed by atoms with Crippen LogP contribution in [0.2, 0.25) is 5.02 Å². The Kier molecular flexibility index (Phi) is 9.52. The van der Waals surface area contributed by atoms with Crippen LogP contribution in [0.25, 0.3) is 22.0 Å². The van der Waals surface area contributed by atoms with Crippen molar-refractivity contribution in [3.63, 3.8) is 0 Å². The highest BCUT2D eigenvalue weighted by molar-refractivity contribution is 9.10. The molecule has 0 atom stereocenters. The van der Waals surface area contributed by atoms with Gasteiger partial charge in [0.15, 0.2) is 11.5 Å². The van der Waals surface area contributed by atoms with Crippen molar-refractivity contribution >= 4 is 56.5 Å². The summed E-state index contributed by atoms with van der Waals surface area (Å²) in [6.45, 7) is 2.17. The molecule has 0 saturated carbocycles. The van der Waals surface area contributed by atoms with Gasteiger partial charge in [-0.1, -0.05) is 45.7 Å². The lowest BCUT2D eigenvalue weighted by atomic mass is 10.0. The maximum Gasteiger partial charge on any atom is 0.343 e. The van der Waals surface area contributed by atoms with Crippen molar-refractivity contribution in [2.24, 2.45) is 5.10 Å². The highest BCUT2D eigenvalue weighted by atomic mass is 79.9. The lowest BCUT2D eigenvalue weighted by Gasteiger charge is -2.11. The lowest BCUT2D eigenvalue weighted by molar-refractivity contribution is 0.0728. The Morgan fingerprint density at radius 3 is 2.34 bits per heavy atom. The number of benzene rings is 4. The van der Waals surface area contributed by atoms with E-state index in [1.165, 1.54) is 6.21 Å². The topological polar surface area (TPSA) is 111 Å². The summed E-state index contributed by atoms with van der Waals surface area (Å²) in [5.41, 5.74) is 5.55. The molecular weight excluding hydrogens is 650 g/mol. The van der Waals surface area contributed by atoms with Crippen molar-refractivity contribution < 1.29 is 28.5 Å². The van der Waals surface area contributed by atoms with Crippen LogP contribution in [-0.2, 0) is 0 Å². The molecule has 1 aromatic heterocycles. The monoisotopic (exact) mass is 675 g/mol. The Balaban J connectivity index is 1.43. The number of carbonyl (C=O) groups excluding carboxylic acids is 2. The Hall–Kier alpha value is -4.80. The Morgan fingerprint density at radius 2 is 1.64 bits per heavy atom. The minimum absolute atomic E-state index is 0.221. The fourth-order valence-corrected chi connectivity index (χ4v) is 5.11. The highest BCUT2D eigenvalue weighted by Gasteiger charge is 2.25. The number of halogens is 2. The van der Waals surface area contributed by atoms with Gasteiger partial charge in [-0.25, -0.2) is 10.2 Å². The van der Waals surface area contributed by atoms with E-state index in [0.717, 1.165) is 4.47 Å². The number of aromatic amines is 1. The molecular formula is C33H27BrClN3O6. The summed E-state index contributed by atoms with van der Waals surface area (Å²) in [5, 5.41) is 5.27. The van der Waals surface area contributed by atoms with Gasteiger partial charge >= 0.3 is 5.97 Å². The first kappa shape index (κ1) is 30.7. The van der Waals surface area contributed by atoms with E-state index in [0.29, 0.717) is 62.0 Å². The maximum absolute atomic E-state index is 13.5. The standard InChI is InChI=1S/C33H27BrClN3O6/c1-4-43-27-17-19(9-14-24(27)44-33(40)20-10-12-21(34)13-11-20)18-36-38-32(39)31-28(22-7-5-6-8-23(22)35)29-25(41-2)15-16-26(42-3)30(29)37-31/h5-18,37H,4H2,1-3H3,(H,38,39). The van der Waals surface area contributed by atoms with Gasteiger partial charge in [0.25, 0.3) is 5.91 Å². The van der Waals surface area contributed by atoms with E-state index < -0.39 is 11.9 Å². The predicted molar refractivity (Wildman–Crippen MR) is 174 cm³/mol. The number of H-pyrrole nitrogens is 1. The average Bonchev–Trinajstić information content (AvgIpc) is 3.43. The summed E-state index contributed by atoms with van der Waals surface area (Å²) in [6, 6.07) is 22.5. The van der Waals surface area contributed by atoms with Gasteiger partial charge in [0.05, 0.1) is 43.5 Å². The SMILES string of the molecule is CCOc1cc(C=NNC(=O)c2[nH]c3c(OC)ccc(OC)c3c2-c2ccccc2Cl)ccc1OC(=O)c1ccc(Br)cc1. The van der Waals surface area contributed by atoms with Crippen molar-refractivity contribution in [1.82, 2.24) is 10.4 Å². The maximum atomic E-state index is 13.5. The molecule has 2 N–H and O–H groups in total. The third kappa shape index (κ3) is 6.41. The second-order valence-electron chi connectivity index (χ2n) is 9.31. The minimum atomic E-state index is -0.520. The number of ether oxygens (including phenoxy) is 4. The zero-order valence-electron chi connectivity index (χ0n) is 23.9. The number of hydrogen-bond donors (Lipinski definition) is 2. The molecule has 0 aliphatic heterocycles. The molecule has 0 bridgehead atoms. The van der Waals surface area contributed by atoms with E-state index in [1.54, 1.807) is 74.9 Å². The molecule has 1 amide bonds. The molecule has 0 radical (unpaired) electrons. The van der Waals surface area contributed by atoms with Gasteiger partial charge in [-0.3, -0.25) is 4.79 Å². The molecule has 0 saturated heterocycles. The van der Waals surface area contributed by atoms with Crippen LogP contribution in [-0.4, -0.2) is 43.9 Å². The van der Waals surface area contributed by atoms with E-state index in [1.807, 2.05) is 25.1 Å². The van der Waals surface area contributed by atoms with Gasteiger partial charge in [0.1, 0.15) is 17.2 Å². The van der Waals surface area contributed by atoms with Crippen LogP contribution in [0, 0.1) is 0 Å². The Bertz CT molecular complexity index is 1870. The second kappa shape index (κ2) is 13.7. The van der Waals surface area contributed by atoms with Gasteiger partial charge in [0, 0.05) is 20.6 Å². The average molecular weight is 677 g/mol. The number of nitrogens with zero attached hydrogens (tertiary/aromatic N) is 1. The molecule has 0 unspecified atom stereocenters. The van der Waals surface area contributed by atoms with Crippen LogP contribution in [0.15, 0.2) is 88.4 Å². The molecule has 44 heavy (non-hydrogen) atoms. The van der Waals surface area contributed by atoms with Crippen molar-refractivity contribution in [2.45, 2.75) is 6.92 Å². The smallest absolute Gasteiger partial charge is 0.343 e. The largest absolute Gasteiger partial charge is 0.496 e. The lowest BCUT2D eigenvalue weighted by Crippen LogP contribution is -2.19. The second-order valence-corrected chi connectivity index (χ2v) is 10.6. The number of hydrogen-bond acceptors (Lipinski definition) is 7. The number of nitrogens with one attached hydrogen (secondary N) is 2. The number of aromatic nitrogens is 1. The number of amides is 1. The van der Waals surface area contributed by atoms with Crippen LogP contribution >= 0.6 is 27.5 Å². The van der Waals surface area contributed by atoms with Gasteiger partial charge in [-0.2, -0.15) is 5.10 Å². The summed E-state index contributed by atoms with van der Waals surface area (Å²) in [7, 11) is 3.10. The Labute approximate surface area is 266 Å². The van der Waals surface area contributed by atoms with E-state index in [2.05, 4.69) is 31.4 Å². The van der Waals surface area contributed by atoms with Crippen molar-refractivity contribution in [1.29, 1.82) is 0 Å². The van der Waals surface area contributed by atoms with Gasteiger partial charge < -0.3 is 23.9 Å². The molecule has 0 aliphatic rings. The molecule has 5 rings (SSSR count). The summed E-state index contributed by atoms with van der Waals surface area (Å²) in [6.07, 6.45) is 1.46. The summed E-state index contributed by atoms with van der Waals surface area (Å²) in [5.74, 6) is 0.643. The third-order valence-electron chi connectivity index (χ3n) is 6.62. The number of esters is 1. The molecule has 0 spiro atoms. The summed E-state index contributed by atoms with van der Waals surface area (Å²) in [4.78, 5) is 29.4. The van der Waals surface area contributed by atoms with E-state index in [-0.39, 0.29) is 11.4 Å². The number of fused-ring (bicyclic) bond motifs is 1. The van der Waals surface area contributed by atoms with Crippen LogP contribution in [0.3, 0.4) is 0 Å².